The molecule has 1 aliphatic carbocycles. The predicted octanol–water partition coefficient (Wildman–Crippen LogP) is 7.96. The number of nitrogens with zero attached hydrogens (tertiary/aromatic N) is 10. The van der Waals surface area contributed by atoms with E-state index < -0.39 is 0 Å². The van der Waals surface area contributed by atoms with Gasteiger partial charge in [0.2, 0.25) is 0 Å². The van der Waals surface area contributed by atoms with Crippen LogP contribution in [0.2, 0.25) is 5.02 Å². The van der Waals surface area contributed by atoms with Gasteiger partial charge in [-0.25, -0.2) is 4.98 Å². The average Bonchev–Trinajstić information content (AvgIpc) is 4.02. The molecule has 10 rings (SSSR count). The highest BCUT2D eigenvalue weighted by Gasteiger charge is 2.35. The number of anilines is 1. The Morgan fingerprint density at radius 3 is 2.55 bits per heavy atom. The van der Waals surface area contributed by atoms with Crippen LogP contribution in [0.25, 0.3) is 5.00 Å². The molecule has 6 aromatic rings. The van der Waals surface area contributed by atoms with Crippen LogP contribution in [0.4, 0.5) is 5.82 Å². The van der Waals surface area contributed by atoms with Gasteiger partial charge < -0.3 is 19.4 Å². The number of carbonyl (C=O) groups excluding carboxylic acids is 1. The number of benzene rings is 2. The van der Waals surface area contributed by atoms with Crippen molar-refractivity contribution in [2.24, 2.45) is 10.9 Å². The summed E-state index contributed by atoms with van der Waals surface area (Å²) in [6.45, 7) is 10.2. The highest BCUT2D eigenvalue weighted by atomic mass is 35.5. The largest absolute Gasteiger partial charge is 0.490 e. The van der Waals surface area contributed by atoms with Crippen molar-refractivity contribution in [3.05, 3.63) is 128 Å². The van der Waals surface area contributed by atoms with E-state index in [1.54, 1.807) is 48.1 Å². The smallest absolute Gasteiger partial charge is 0.272 e. The van der Waals surface area contributed by atoms with Crippen molar-refractivity contribution in [2.45, 2.75) is 96.4 Å². The Balaban J connectivity index is 0.726. The summed E-state index contributed by atoms with van der Waals surface area (Å²) in [7, 11) is 0. The molecule has 3 atom stereocenters. The summed E-state index contributed by atoms with van der Waals surface area (Å²) in [6, 6.07) is 20.2. The highest BCUT2D eigenvalue weighted by molar-refractivity contribution is 7.15. The summed E-state index contributed by atoms with van der Waals surface area (Å²) in [5, 5.41) is 31.8. The fourth-order valence-corrected chi connectivity index (χ4v) is 11.3. The molecule has 14 nitrogen and oxygen atoms in total. The van der Waals surface area contributed by atoms with Crippen molar-refractivity contribution in [3.63, 3.8) is 0 Å². The van der Waals surface area contributed by atoms with Gasteiger partial charge in [0, 0.05) is 60.3 Å². The van der Waals surface area contributed by atoms with Gasteiger partial charge in [-0.15, -0.1) is 31.7 Å². The molecule has 1 N–H and O–H groups in total. The Kier molecular flexibility index (Phi) is 11.8. The first-order valence-corrected chi connectivity index (χ1v) is 23.4. The first kappa shape index (κ1) is 42.0. The summed E-state index contributed by atoms with van der Waals surface area (Å²) in [5.41, 5.74) is 6.54. The minimum absolute atomic E-state index is 0.0324. The van der Waals surface area contributed by atoms with E-state index in [2.05, 4.69) is 89.2 Å². The lowest BCUT2D eigenvalue weighted by molar-refractivity contribution is 0.0887. The van der Waals surface area contributed by atoms with Crippen molar-refractivity contribution in [3.8, 4) is 16.8 Å². The molecule has 3 aliphatic heterocycles. The third-order valence-electron chi connectivity index (χ3n) is 13.4. The van der Waals surface area contributed by atoms with E-state index in [-0.39, 0.29) is 24.1 Å². The van der Waals surface area contributed by atoms with Crippen LogP contribution in [0.3, 0.4) is 0 Å². The molecule has 2 aromatic carbocycles. The summed E-state index contributed by atoms with van der Waals surface area (Å²) in [4.78, 5) is 29.2. The first-order chi connectivity index (χ1) is 31.2. The first-order valence-electron chi connectivity index (χ1n) is 22.3. The Morgan fingerprint density at radius 2 is 1.80 bits per heavy atom. The van der Waals surface area contributed by atoms with Crippen molar-refractivity contribution in [2.75, 3.05) is 31.1 Å². The van der Waals surface area contributed by atoms with Crippen molar-refractivity contribution in [1.29, 1.82) is 5.26 Å². The number of aliphatic imine (C=N–C) groups is 1. The minimum atomic E-state index is -0.296. The van der Waals surface area contributed by atoms with Crippen molar-refractivity contribution < 1.29 is 13.9 Å². The summed E-state index contributed by atoms with van der Waals surface area (Å²) in [6.07, 6.45) is 10.4. The summed E-state index contributed by atoms with van der Waals surface area (Å²) >= 11 is 7.94. The lowest BCUT2D eigenvalue weighted by Gasteiger charge is -2.46. The molecule has 1 unspecified atom stereocenters. The lowest BCUT2D eigenvalue weighted by Crippen LogP contribution is -2.56. The number of ether oxygens (including phenoxy) is 1. The number of fused-ring (bicyclic) bond motifs is 4. The number of aromatic nitrogens is 6. The van der Waals surface area contributed by atoms with Crippen LogP contribution in [-0.4, -0.2) is 90.8 Å². The number of nitrogens with one attached hydrogen (secondary N) is 1. The molecule has 4 aromatic heterocycles. The highest BCUT2D eigenvalue weighted by Crippen LogP contribution is 2.40. The van der Waals surface area contributed by atoms with Gasteiger partial charge >= 0.3 is 0 Å². The fraction of sp³-hybridized carbons (Fsp3) is 0.417. The van der Waals surface area contributed by atoms with E-state index in [4.69, 9.17) is 31.0 Å². The zero-order valence-corrected chi connectivity index (χ0v) is 37.8. The zero-order valence-electron chi connectivity index (χ0n) is 36.2. The maximum atomic E-state index is 13.2. The van der Waals surface area contributed by atoms with Crippen molar-refractivity contribution in [1.82, 2.24) is 40.2 Å². The van der Waals surface area contributed by atoms with Gasteiger partial charge in [-0.05, 0) is 107 Å². The third-order valence-corrected chi connectivity index (χ3v) is 14.9. The molecule has 4 aliphatic rings. The molecule has 1 amide bonds. The number of piperazine rings is 1. The number of carbonyl (C=O) groups is 1. The molecule has 0 radical (unpaired) electrons. The summed E-state index contributed by atoms with van der Waals surface area (Å²) < 4.78 is 14.0. The van der Waals surface area contributed by atoms with Gasteiger partial charge in [0.1, 0.15) is 34.9 Å². The number of piperidine rings is 1. The molecule has 2 saturated heterocycles. The number of hydrogen-bond acceptors (Lipinski definition) is 13. The van der Waals surface area contributed by atoms with Crippen LogP contribution in [0, 0.1) is 38.0 Å². The monoisotopic (exact) mass is 895 g/mol. The average molecular weight is 897 g/mol. The maximum absolute atomic E-state index is 13.2. The number of halogens is 1. The van der Waals surface area contributed by atoms with E-state index in [1.807, 2.05) is 13.0 Å². The molecule has 1 saturated carbocycles. The molecule has 64 heavy (non-hydrogen) atoms. The quantitative estimate of drug-likeness (QED) is 0.142. The van der Waals surface area contributed by atoms with E-state index in [1.165, 1.54) is 22.4 Å². The number of aryl methyl sites for hydroxylation is 2. The van der Waals surface area contributed by atoms with Crippen molar-refractivity contribution >= 4 is 40.4 Å². The van der Waals surface area contributed by atoms with E-state index in [0.29, 0.717) is 46.3 Å². The summed E-state index contributed by atoms with van der Waals surface area (Å²) in [5.74, 6) is 4.13. The molecular formula is C48H50ClN11O3S. The second-order valence-corrected chi connectivity index (χ2v) is 19.2. The molecule has 0 bridgehead atoms. The topological polar surface area (TPSA) is 163 Å². The molecule has 328 valence electrons. The minimum Gasteiger partial charge on any atom is -0.490 e. The second kappa shape index (κ2) is 17.9. The molecule has 7 heterocycles. The van der Waals surface area contributed by atoms with Crippen LogP contribution in [0.15, 0.2) is 76.5 Å². The van der Waals surface area contributed by atoms with Gasteiger partial charge in [-0.1, -0.05) is 35.9 Å². The van der Waals surface area contributed by atoms with E-state index >= 15 is 0 Å². The van der Waals surface area contributed by atoms with Gasteiger partial charge in [-0.3, -0.25) is 19.3 Å². The number of thiophene rings is 1. The third kappa shape index (κ3) is 8.54. The van der Waals surface area contributed by atoms with E-state index in [0.717, 1.165) is 104 Å². The number of hydrogen-bond donors (Lipinski definition) is 1. The van der Waals surface area contributed by atoms with Crippen LogP contribution >= 0.6 is 22.9 Å². The fourth-order valence-electron chi connectivity index (χ4n) is 9.86. The molecule has 3 fully saturated rings. The lowest BCUT2D eigenvalue weighted by atomic mass is 9.86. The van der Waals surface area contributed by atoms with Gasteiger partial charge in [0.15, 0.2) is 23.2 Å². The Labute approximate surface area is 381 Å². The van der Waals surface area contributed by atoms with Crippen LogP contribution in [-0.2, 0) is 12.8 Å². The zero-order chi connectivity index (χ0) is 43.9. The van der Waals surface area contributed by atoms with Crippen LogP contribution in [0.1, 0.15) is 105 Å². The van der Waals surface area contributed by atoms with Gasteiger partial charge in [0.05, 0.1) is 35.0 Å². The molecule has 0 spiro atoms. The van der Waals surface area contributed by atoms with E-state index in [9.17, 15) is 4.79 Å². The van der Waals surface area contributed by atoms with Crippen LogP contribution in [0.5, 0.6) is 5.75 Å². The Bertz CT molecular complexity index is 2720. The maximum Gasteiger partial charge on any atom is 0.272 e. The number of rotatable bonds is 10. The SMILES string of the molecule is Cc1sc2c(c1C)C(c1ccc(C[C@@H]3CCC4CN(c5ccc(C(=O)N[C@H]6CC[C@H](Oc7ccc(C#N)c(Cl)c7)CC6)nn5)CCN4C3)cc1)=N[C@@H](Cc1ncco1)c1nnc(C)n1-2. The standard InChI is InChI=1S/C48H50ClN11O3S/c1-28-29(2)64-48-44(28)45(53-41(24-43-51-18-21-62-43)46-57-54-30(3)60(46)48)33-7-4-31(5-8-33)22-32-6-12-36-27-59(20-19-58(36)26-32)42-17-16-40(55-56-42)47(61)52-35-10-14-37(15-11-35)63-38-13-9-34(25-50)39(49)23-38/h4-5,7-9,13,16-18,21,23,32,35-37,41H,6,10-12,14-15,19-20,22,24,26-27H2,1-3H3,(H,52,61)/t32-,35-,36?,37-,41-/m0/s1. The van der Waals surface area contributed by atoms with Crippen LogP contribution < -0.4 is 15.0 Å². The number of oxazole rings is 1. The predicted molar refractivity (Wildman–Crippen MR) is 245 cm³/mol. The number of nitriles is 1. The molecule has 16 heteroatoms. The Hall–Kier alpha value is -5.95. The van der Waals surface area contributed by atoms with Gasteiger partial charge in [-0.2, -0.15) is 5.26 Å². The number of amides is 1. The second-order valence-electron chi connectivity index (χ2n) is 17.6. The molecular weight excluding hydrogens is 846 g/mol. The van der Waals surface area contributed by atoms with Gasteiger partial charge in [0.25, 0.3) is 5.91 Å². The normalized spacial score (nSPS) is 22.1. The Morgan fingerprint density at radius 1 is 0.953 bits per heavy atom.